The van der Waals surface area contributed by atoms with Crippen LogP contribution in [0.25, 0.3) is 0 Å². The van der Waals surface area contributed by atoms with Gasteiger partial charge in [0.05, 0.1) is 19.3 Å². The molecule has 1 N–H and O–H groups in total. The molecule has 0 unspecified atom stereocenters. The molecule has 1 atom stereocenters. The summed E-state index contributed by atoms with van der Waals surface area (Å²) in [6.45, 7) is 0.933. The number of aromatic nitrogens is 4. The van der Waals surface area contributed by atoms with Gasteiger partial charge in [0.25, 0.3) is 0 Å². The molecule has 7 nitrogen and oxygen atoms in total. The van der Waals surface area contributed by atoms with E-state index in [1.54, 1.807) is 0 Å². The topological polar surface area (TPSA) is 81.9 Å². The number of ether oxygens (including phenoxy) is 1. The predicted molar refractivity (Wildman–Crippen MR) is 91.2 cm³/mol. The Morgan fingerprint density at radius 2 is 1.80 bits per heavy atom. The van der Waals surface area contributed by atoms with E-state index in [9.17, 15) is 4.79 Å². The molecule has 128 valence electrons. The van der Waals surface area contributed by atoms with E-state index in [0.717, 1.165) is 11.1 Å². The Bertz CT molecular complexity index is 763. The first-order valence-electron chi connectivity index (χ1n) is 7.98. The van der Waals surface area contributed by atoms with Crippen molar-refractivity contribution in [2.75, 3.05) is 6.61 Å². The second-order valence-electron chi connectivity index (χ2n) is 5.54. The first kappa shape index (κ1) is 16.8. The van der Waals surface area contributed by atoms with Crippen LogP contribution in [0.3, 0.4) is 0 Å². The summed E-state index contributed by atoms with van der Waals surface area (Å²) in [7, 11) is 0. The molecule has 2 aromatic carbocycles. The van der Waals surface area contributed by atoms with Crippen molar-refractivity contribution >= 4 is 5.91 Å². The molecule has 0 saturated heterocycles. The highest BCUT2D eigenvalue weighted by molar-refractivity contribution is 5.76. The summed E-state index contributed by atoms with van der Waals surface area (Å²) in [6.07, 6.45) is 1.41. The molecule has 1 aromatic heterocycles. The summed E-state index contributed by atoms with van der Waals surface area (Å²) in [5.41, 5.74) is 2.08. The lowest BCUT2D eigenvalue weighted by Crippen LogP contribution is -2.34. The fraction of sp³-hybridized carbons (Fsp3) is 0.222. The molecule has 3 rings (SSSR count). The molecule has 0 aliphatic carbocycles. The number of carbonyl (C=O) groups is 1. The van der Waals surface area contributed by atoms with E-state index in [2.05, 4.69) is 20.8 Å². The zero-order valence-electron chi connectivity index (χ0n) is 13.7. The predicted octanol–water partition coefficient (Wildman–Crippen LogP) is 1.75. The highest BCUT2D eigenvalue weighted by Crippen LogP contribution is 2.14. The normalized spacial score (nSPS) is 11.8. The molecule has 0 fully saturated rings. The Morgan fingerprint density at radius 1 is 1.08 bits per heavy atom. The van der Waals surface area contributed by atoms with Gasteiger partial charge in [0.2, 0.25) is 5.91 Å². The summed E-state index contributed by atoms with van der Waals surface area (Å²) in [5, 5.41) is 13.7. The fourth-order valence-corrected chi connectivity index (χ4v) is 2.42. The van der Waals surface area contributed by atoms with Gasteiger partial charge >= 0.3 is 0 Å². The van der Waals surface area contributed by atoms with Crippen LogP contribution < -0.4 is 5.32 Å². The molecule has 0 aliphatic heterocycles. The van der Waals surface area contributed by atoms with Crippen LogP contribution >= 0.6 is 0 Å². The third kappa shape index (κ3) is 5.22. The van der Waals surface area contributed by atoms with Crippen LogP contribution in [0.2, 0.25) is 0 Å². The van der Waals surface area contributed by atoms with Gasteiger partial charge in [-0.05, 0) is 21.6 Å². The Hall–Kier alpha value is -3.06. The summed E-state index contributed by atoms with van der Waals surface area (Å²) >= 11 is 0. The number of tetrazole rings is 1. The first-order valence-corrected chi connectivity index (χ1v) is 7.98. The lowest BCUT2D eigenvalue weighted by molar-refractivity contribution is -0.123. The number of benzene rings is 2. The minimum atomic E-state index is -0.242. The SMILES string of the molecule is O=C(Cn1cnnn1)N[C@@H](COCc1ccccc1)c1ccccc1. The summed E-state index contributed by atoms with van der Waals surface area (Å²) in [4.78, 5) is 12.2. The molecule has 3 aromatic rings. The standard InChI is InChI=1S/C18H19N5O2/c24-18(11-23-14-19-21-22-23)20-17(16-9-5-2-6-10-16)13-25-12-15-7-3-1-4-8-15/h1-10,14,17H,11-13H2,(H,20,24)/t17-/m0/s1. The Labute approximate surface area is 145 Å². The summed E-state index contributed by atoms with van der Waals surface area (Å²) < 4.78 is 7.19. The maximum atomic E-state index is 12.2. The molecular formula is C18H19N5O2. The third-order valence-electron chi connectivity index (χ3n) is 3.63. The number of nitrogens with one attached hydrogen (secondary N) is 1. The third-order valence-corrected chi connectivity index (χ3v) is 3.63. The molecule has 0 radical (unpaired) electrons. The largest absolute Gasteiger partial charge is 0.374 e. The van der Waals surface area contributed by atoms with Crippen molar-refractivity contribution in [2.24, 2.45) is 0 Å². The smallest absolute Gasteiger partial charge is 0.242 e. The number of carbonyl (C=O) groups excluding carboxylic acids is 1. The molecule has 0 spiro atoms. The van der Waals surface area contributed by atoms with Crippen molar-refractivity contribution in [1.29, 1.82) is 0 Å². The van der Waals surface area contributed by atoms with Gasteiger partial charge in [-0.25, -0.2) is 4.68 Å². The van der Waals surface area contributed by atoms with Crippen LogP contribution in [-0.2, 0) is 22.7 Å². The van der Waals surface area contributed by atoms with Crippen molar-refractivity contribution in [3.8, 4) is 0 Å². The number of rotatable bonds is 8. The van der Waals surface area contributed by atoms with E-state index in [-0.39, 0.29) is 18.5 Å². The minimum Gasteiger partial charge on any atom is -0.374 e. The highest BCUT2D eigenvalue weighted by Gasteiger charge is 2.15. The molecule has 0 saturated carbocycles. The van der Waals surface area contributed by atoms with Gasteiger partial charge in [-0.15, -0.1) is 5.10 Å². The van der Waals surface area contributed by atoms with Gasteiger partial charge in [-0.3, -0.25) is 4.79 Å². The number of hydrogen-bond donors (Lipinski definition) is 1. The number of nitrogens with zero attached hydrogens (tertiary/aromatic N) is 4. The summed E-state index contributed by atoms with van der Waals surface area (Å²) in [5.74, 6) is -0.176. The van der Waals surface area contributed by atoms with Crippen LogP contribution in [0, 0.1) is 0 Å². The minimum absolute atomic E-state index is 0.0645. The van der Waals surface area contributed by atoms with E-state index < -0.39 is 0 Å². The first-order chi connectivity index (χ1) is 12.3. The van der Waals surface area contributed by atoms with Crippen molar-refractivity contribution in [3.63, 3.8) is 0 Å². The monoisotopic (exact) mass is 337 g/mol. The average molecular weight is 337 g/mol. The Kier molecular flexibility index (Phi) is 5.84. The van der Waals surface area contributed by atoms with E-state index in [4.69, 9.17) is 4.74 Å². The summed E-state index contributed by atoms with van der Waals surface area (Å²) in [6, 6.07) is 19.4. The highest BCUT2D eigenvalue weighted by atomic mass is 16.5. The molecule has 1 heterocycles. The van der Waals surface area contributed by atoms with Crippen LogP contribution in [0.1, 0.15) is 17.2 Å². The maximum Gasteiger partial charge on any atom is 0.242 e. The zero-order valence-corrected chi connectivity index (χ0v) is 13.7. The van der Waals surface area contributed by atoms with E-state index in [0.29, 0.717) is 13.2 Å². The van der Waals surface area contributed by atoms with Crippen molar-refractivity contribution in [3.05, 3.63) is 78.1 Å². The Morgan fingerprint density at radius 3 is 2.48 bits per heavy atom. The van der Waals surface area contributed by atoms with Crippen molar-refractivity contribution in [1.82, 2.24) is 25.5 Å². The maximum absolute atomic E-state index is 12.2. The van der Waals surface area contributed by atoms with E-state index >= 15 is 0 Å². The van der Waals surface area contributed by atoms with Gasteiger partial charge in [0, 0.05) is 0 Å². The molecule has 1 amide bonds. The van der Waals surface area contributed by atoms with Crippen LogP contribution in [0.4, 0.5) is 0 Å². The second-order valence-corrected chi connectivity index (χ2v) is 5.54. The van der Waals surface area contributed by atoms with Gasteiger partial charge in [0.15, 0.2) is 0 Å². The van der Waals surface area contributed by atoms with Crippen LogP contribution in [-0.4, -0.2) is 32.7 Å². The molecule has 25 heavy (non-hydrogen) atoms. The van der Waals surface area contributed by atoms with Gasteiger partial charge in [0.1, 0.15) is 12.9 Å². The van der Waals surface area contributed by atoms with E-state index in [1.807, 2.05) is 60.7 Å². The van der Waals surface area contributed by atoms with Crippen LogP contribution in [0.5, 0.6) is 0 Å². The average Bonchev–Trinajstić information content (AvgIpc) is 3.15. The lowest BCUT2D eigenvalue weighted by Gasteiger charge is -2.19. The van der Waals surface area contributed by atoms with Gasteiger partial charge in [-0.2, -0.15) is 0 Å². The molecular weight excluding hydrogens is 318 g/mol. The zero-order chi connectivity index (χ0) is 17.3. The second kappa shape index (κ2) is 8.70. The lowest BCUT2D eigenvalue weighted by atomic mass is 10.1. The Balaban J connectivity index is 1.60. The molecule has 0 aliphatic rings. The van der Waals surface area contributed by atoms with Crippen molar-refractivity contribution < 1.29 is 9.53 Å². The van der Waals surface area contributed by atoms with Crippen molar-refractivity contribution in [2.45, 2.75) is 19.2 Å². The number of amides is 1. The molecule has 0 bridgehead atoms. The number of hydrogen-bond acceptors (Lipinski definition) is 5. The molecule has 7 heteroatoms. The van der Waals surface area contributed by atoms with Gasteiger partial charge < -0.3 is 10.1 Å². The van der Waals surface area contributed by atoms with E-state index in [1.165, 1.54) is 11.0 Å². The van der Waals surface area contributed by atoms with Gasteiger partial charge in [-0.1, -0.05) is 60.7 Å². The quantitative estimate of drug-likeness (QED) is 0.677. The fourth-order valence-electron chi connectivity index (χ4n) is 2.42. The van der Waals surface area contributed by atoms with Crippen LogP contribution in [0.15, 0.2) is 67.0 Å².